The number of benzene rings is 2. The van der Waals surface area contributed by atoms with Crippen molar-refractivity contribution in [2.24, 2.45) is 0 Å². The molecule has 0 aromatic heterocycles. The summed E-state index contributed by atoms with van der Waals surface area (Å²) in [5.41, 5.74) is 4.36. The van der Waals surface area contributed by atoms with E-state index in [-0.39, 0.29) is 5.56 Å². The molecule has 0 N–H and O–H groups in total. The molecule has 0 unspecified atom stereocenters. The van der Waals surface area contributed by atoms with Crippen LogP contribution in [0.1, 0.15) is 11.1 Å². The SMILES string of the molecule is C[Si](C)(C)C#Cc1cccc(Sc2cccc(F)c2C#N)c1. The number of nitrogens with zero attached hydrogens (tertiary/aromatic N) is 1. The predicted molar refractivity (Wildman–Crippen MR) is 91.9 cm³/mol. The summed E-state index contributed by atoms with van der Waals surface area (Å²) in [6.45, 7) is 6.60. The zero-order chi connectivity index (χ0) is 16.2. The van der Waals surface area contributed by atoms with Crippen LogP contribution < -0.4 is 0 Å². The lowest BCUT2D eigenvalue weighted by atomic mass is 10.2. The molecule has 0 spiro atoms. The fourth-order valence-electron chi connectivity index (χ4n) is 1.72. The van der Waals surface area contributed by atoms with Crippen LogP contribution in [0.3, 0.4) is 0 Å². The second-order valence-electron chi connectivity index (χ2n) is 5.85. The van der Waals surface area contributed by atoms with Crippen LogP contribution in [0.2, 0.25) is 19.6 Å². The highest BCUT2D eigenvalue weighted by Gasteiger charge is 2.10. The maximum atomic E-state index is 13.6. The van der Waals surface area contributed by atoms with E-state index in [1.807, 2.05) is 30.3 Å². The minimum Gasteiger partial charge on any atom is -0.206 e. The molecule has 1 nitrogen and oxygen atoms in total. The molecule has 0 bridgehead atoms. The molecule has 0 aliphatic carbocycles. The minimum absolute atomic E-state index is 0.0890. The Bertz CT molecular complexity index is 791. The Balaban J connectivity index is 2.30. The number of hydrogen-bond acceptors (Lipinski definition) is 2. The Morgan fingerprint density at radius 2 is 1.82 bits per heavy atom. The van der Waals surface area contributed by atoms with E-state index in [1.54, 1.807) is 12.1 Å². The van der Waals surface area contributed by atoms with Gasteiger partial charge in [-0.05, 0) is 30.3 Å². The Kier molecular flexibility index (Phi) is 5.08. The highest BCUT2D eigenvalue weighted by molar-refractivity contribution is 7.99. The van der Waals surface area contributed by atoms with E-state index in [1.165, 1.54) is 17.8 Å². The molecule has 0 saturated carbocycles. The minimum atomic E-state index is -1.41. The summed E-state index contributed by atoms with van der Waals surface area (Å²) in [6.07, 6.45) is 0. The van der Waals surface area contributed by atoms with E-state index in [4.69, 9.17) is 5.26 Å². The first-order chi connectivity index (χ1) is 10.4. The first kappa shape index (κ1) is 16.4. The Labute approximate surface area is 136 Å². The van der Waals surface area contributed by atoms with Gasteiger partial charge in [0.15, 0.2) is 0 Å². The third-order valence-corrected chi connectivity index (χ3v) is 4.66. The molecule has 0 fully saturated rings. The lowest BCUT2D eigenvalue weighted by molar-refractivity contribution is 0.620. The van der Waals surface area contributed by atoms with Crippen LogP contribution in [-0.4, -0.2) is 8.07 Å². The Hall–Kier alpha value is -2.01. The third kappa shape index (κ3) is 4.49. The van der Waals surface area contributed by atoms with Gasteiger partial charge in [-0.3, -0.25) is 0 Å². The van der Waals surface area contributed by atoms with Crippen LogP contribution in [0.15, 0.2) is 52.3 Å². The maximum Gasteiger partial charge on any atom is 0.142 e. The topological polar surface area (TPSA) is 23.8 Å². The summed E-state index contributed by atoms with van der Waals surface area (Å²) in [5.74, 6) is 2.73. The normalized spacial score (nSPS) is 10.5. The lowest BCUT2D eigenvalue weighted by Gasteiger charge is -2.06. The fourth-order valence-corrected chi connectivity index (χ4v) is 3.22. The van der Waals surface area contributed by atoms with Crippen LogP contribution >= 0.6 is 11.8 Å². The standard InChI is InChI=1S/C18H16FNSSi/c1-22(2,3)11-10-14-6-4-7-15(12-14)21-18-9-5-8-17(19)16(18)13-20/h4-9,12H,1-3H3. The monoisotopic (exact) mass is 325 g/mol. The second kappa shape index (κ2) is 6.83. The highest BCUT2D eigenvalue weighted by Crippen LogP contribution is 2.31. The number of hydrogen-bond donors (Lipinski definition) is 0. The van der Waals surface area contributed by atoms with Gasteiger partial charge in [-0.15, -0.1) is 5.54 Å². The van der Waals surface area contributed by atoms with Crippen molar-refractivity contribution in [3.8, 4) is 17.5 Å². The molecule has 2 rings (SSSR count). The predicted octanol–water partition coefficient (Wildman–Crippen LogP) is 5.08. The lowest BCUT2D eigenvalue weighted by Crippen LogP contribution is -2.16. The largest absolute Gasteiger partial charge is 0.206 e. The first-order valence-electron chi connectivity index (χ1n) is 6.89. The first-order valence-corrected chi connectivity index (χ1v) is 11.2. The van der Waals surface area contributed by atoms with Gasteiger partial charge in [-0.1, -0.05) is 49.5 Å². The highest BCUT2D eigenvalue weighted by atomic mass is 32.2. The molecular formula is C18H16FNSSi. The van der Waals surface area contributed by atoms with Gasteiger partial charge in [-0.25, -0.2) is 4.39 Å². The molecule has 2 aromatic carbocycles. The van der Waals surface area contributed by atoms with Crippen LogP contribution in [0.5, 0.6) is 0 Å². The Morgan fingerprint density at radius 3 is 2.50 bits per heavy atom. The van der Waals surface area contributed by atoms with Crippen molar-refractivity contribution >= 4 is 19.8 Å². The zero-order valence-electron chi connectivity index (χ0n) is 12.8. The smallest absolute Gasteiger partial charge is 0.142 e. The summed E-state index contributed by atoms with van der Waals surface area (Å²) in [4.78, 5) is 1.57. The van der Waals surface area contributed by atoms with E-state index in [9.17, 15) is 4.39 Å². The van der Waals surface area contributed by atoms with Gasteiger partial charge in [0.25, 0.3) is 0 Å². The molecule has 0 heterocycles. The van der Waals surface area contributed by atoms with Gasteiger partial charge in [0.05, 0.1) is 0 Å². The molecule has 0 saturated heterocycles. The van der Waals surface area contributed by atoms with Crippen molar-refractivity contribution in [2.75, 3.05) is 0 Å². The third-order valence-electron chi connectivity index (χ3n) is 2.73. The number of halogens is 1. The van der Waals surface area contributed by atoms with Crippen molar-refractivity contribution in [1.29, 1.82) is 5.26 Å². The van der Waals surface area contributed by atoms with Crippen molar-refractivity contribution in [3.05, 3.63) is 59.4 Å². The molecule has 0 radical (unpaired) electrons. The number of nitriles is 1. The summed E-state index contributed by atoms with van der Waals surface area (Å²) in [5, 5.41) is 9.08. The van der Waals surface area contributed by atoms with Crippen molar-refractivity contribution in [3.63, 3.8) is 0 Å². The van der Waals surface area contributed by atoms with E-state index < -0.39 is 13.9 Å². The average molecular weight is 325 g/mol. The molecule has 2 aromatic rings. The van der Waals surface area contributed by atoms with Crippen LogP contribution in [0.4, 0.5) is 4.39 Å². The molecule has 22 heavy (non-hydrogen) atoms. The van der Waals surface area contributed by atoms with E-state index >= 15 is 0 Å². The maximum absolute atomic E-state index is 13.6. The van der Waals surface area contributed by atoms with E-state index in [0.717, 1.165) is 10.5 Å². The van der Waals surface area contributed by atoms with E-state index in [2.05, 4.69) is 31.1 Å². The van der Waals surface area contributed by atoms with Crippen LogP contribution in [0, 0.1) is 28.6 Å². The van der Waals surface area contributed by atoms with Crippen molar-refractivity contribution < 1.29 is 4.39 Å². The van der Waals surface area contributed by atoms with Crippen LogP contribution in [-0.2, 0) is 0 Å². The van der Waals surface area contributed by atoms with Crippen molar-refractivity contribution in [2.45, 2.75) is 29.4 Å². The second-order valence-corrected chi connectivity index (χ2v) is 11.7. The number of rotatable bonds is 2. The summed E-state index contributed by atoms with van der Waals surface area (Å²) in [7, 11) is -1.41. The average Bonchev–Trinajstić information content (AvgIpc) is 2.45. The summed E-state index contributed by atoms with van der Waals surface area (Å²) < 4.78 is 13.6. The molecule has 0 aliphatic heterocycles. The zero-order valence-corrected chi connectivity index (χ0v) is 14.6. The summed E-state index contributed by atoms with van der Waals surface area (Å²) >= 11 is 1.38. The molecule has 110 valence electrons. The quantitative estimate of drug-likeness (QED) is 0.568. The molecule has 0 aliphatic rings. The van der Waals surface area contributed by atoms with Crippen LogP contribution in [0.25, 0.3) is 0 Å². The van der Waals surface area contributed by atoms with Gasteiger partial charge in [0.2, 0.25) is 0 Å². The Morgan fingerprint density at radius 1 is 1.09 bits per heavy atom. The van der Waals surface area contributed by atoms with Gasteiger partial charge in [0.1, 0.15) is 25.5 Å². The summed E-state index contributed by atoms with van der Waals surface area (Å²) in [6, 6.07) is 14.4. The van der Waals surface area contributed by atoms with Gasteiger partial charge < -0.3 is 0 Å². The van der Waals surface area contributed by atoms with E-state index in [0.29, 0.717) is 4.90 Å². The molecule has 0 amide bonds. The molecule has 0 atom stereocenters. The molecular weight excluding hydrogens is 309 g/mol. The fraction of sp³-hybridized carbons (Fsp3) is 0.167. The van der Waals surface area contributed by atoms with Gasteiger partial charge >= 0.3 is 0 Å². The van der Waals surface area contributed by atoms with Gasteiger partial charge in [-0.2, -0.15) is 5.26 Å². The van der Waals surface area contributed by atoms with Crippen molar-refractivity contribution in [1.82, 2.24) is 0 Å². The molecule has 4 heteroatoms. The van der Waals surface area contributed by atoms with Gasteiger partial charge in [0, 0.05) is 15.4 Å².